The first-order valence-electron chi connectivity index (χ1n) is 5.78. The van der Waals surface area contributed by atoms with Crippen LogP contribution in [0.5, 0.6) is 11.5 Å². The van der Waals surface area contributed by atoms with Crippen molar-refractivity contribution in [3.05, 3.63) is 23.8 Å². The molecule has 1 aromatic rings. The van der Waals surface area contributed by atoms with E-state index in [0.29, 0.717) is 5.75 Å². The average Bonchev–Trinajstić information content (AvgIpc) is 2.34. The van der Waals surface area contributed by atoms with Gasteiger partial charge in [-0.15, -0.1) is 12.3 Å². The quantitative estimate of drug-likeness (QED) is 0.561. The van der Waals surface area contributed by atoms with Gasteiger partial charge in [0.25, 0.3) is 0 Å². The summed E-state index contributed by atoms with van der Waals surface area (Å²) in [4.78, 5) is 0. The summed E-state index contributed by atoms with van der Waals surface area (Å²) in [6.07, 6.45) is 8.14. The number of ether oxygens (including phenoxy) is 1. The van der Waals surface area contributed by atoms with Crippen molar-refractivity contribution in [3.63, 3.8) is 0 Å². The summed E-state index contributed by atoms with van der Waals surface area (Å²) in [6, 6.07) is 5.42. The van der Waals surface area contributed by atoms with Gasteiger partial charge in [-0.3, -0.25) is 0 Å². The van der Waals surface area contributed by atoms with Gasteiger partial charge in [0.2, 0.25) is 0 Å². The van der Waals surface area contributed by atoms with E-state index in [9.17, 15) is 5.11 Å². The third kappa shape index (κ3) is 4.80. The molecule has 0 saturated carbocycles. The number of hydrogen-bond donors (Lipinski definition) is 2. The number of unbranched alkanes of at least 4 members (excludes halogenated alkanes) is 2. The van der Waals surface area contributed by atoms with E-state index >= 15 is 0 Å². The Kier molecular flexibility index (Phi) is 5.98. The zero-order valence-corrected chi connectivity index (χ0v) is 10.2. The van der Waals surface area contributed by atoms with Crippen molar-refractivity contribution in [2.24, 2.45) is 0 Å². The Bertz CT molecular complexity index is 382. The third-order valence-corrected chi connectivity index (χ3v) is 2.50. The fourth-order valence-corrected chi connectivity index (χ4v) is 1.56. The Morgan fingerprint density at radius 2 is 2.24 bits per heavy atom. The molecular weight excluding hydrogens is 214 g/mol. The molecule has 2 N–H and O–H groups in total. The molecule has 3 nitrogen and oxygen atoms in total. The molecule has 0 spiro atoms. The highest BCUT2D eigenvalue weighted by Gasteiger charge is 2.01. The van der Waals surface area contributed by atoms with E-state index in [2.05, 4.69) is 11.2 Å². The van der Waals surface area contributed by atoms with Gasteiger partial charge >= 0.3 is 0 Å². The maximum absolute atomic E-state index is 9.59. The van der Waals surface area contributed by atoms with Gasteiger partial charge in [-0.1, -0.05) is 6.07 Å². The lowest BCUT2D eigenvalue weighted by atomic mass is 10.2. The van der Waals surface area contributed by atoms with Crippen LogP contribution in [0.3, 0.4) is 0 Å². The average molecular weight is 233 g/mol. The van der Waals surface area contributed by atoms with E-state index in [0.717, 1.165) is 37.9 Å². The normalized spacial score (nSPS) is 9.88. The lowest BCUT2D eigenvalue weighted by Crippen LogP contribution is -2.14. The highest BCUT2D eigenvalue weighted by Crippen LogP contribution is 2.25. The molecule has 0 fully saturated rings. The number of hydrogen-bond acceptors (Lipinski definition) is 3. The summed E-state index contributed by atoms with van der Waals surface area (Å²) in [5, 5.41) is 12.9. The minimum atomic E-state index is 0.180. The molecule has 0 radical (unpaired) electrons. The Hall–Kier alpha value is -1.66. The number of rotatable bonds is 7. The number of benzene rings is 1. The second kappa shape index (κ2) is 7.59. The molecule has 0 aromatic heterocycles. The van der Waals surface area contributed by atoms with Crippen LogP contribution in [0, 0.1) is 12.3 Å². The van der Waals surface area contributed by atoms with Crippen LogP contribution in [0.1, 0.15) is 24.8 Å². The van der Waals surface area contributed by atoms with Crippen LogP contribution < -0.4 is 10.1 Å². The van der Waals surface area contributed by atoms with Crippen LogP contribution in [0.4, 0.5) is 0 Å². The van der Waals surface area contributed by atoms with Gasteiger partial charge in [-0.2, -0.15) is 0 Å². The zero-order chi connectivity index (χ0) is 12.5. The van der Waals surface area contributed by atoms with E-state index in [-0.39, 0.29) is 5.75 Å². The van der Waals surface area contributed by atoms with Crippen LogP contribution in [-0.2, 0) is 6.54 Å². The first-order chi connectivity index (χ1) is 8.27. The van der Waals surface area contributed by atoms with Crippen molar-refractivity contribution < 1.29 is 9.84 Å². The van der Waals surface area contributed by atoms with Gasteiger partial charge in [0.1, 0.15) is 0 Å². The lowest BCUT2D eigenvalue weighted by Gasteiger charge is -2.07. The van der Waals surface area contributed by atoms with Crippen molar-refractivity contribution in [1.82, 2.24) is 5.32 Å². The molecule has 92 valence electrons. The number of phenols is 1. The second-order valence-corrected chi connectivity index (χ2v) is 3.84. The number of terminal acetylenes is 1. The van der Waals surface area contributed by atoms with E-state index < -0.39 is 0 Å². The monoisotopic (exact) mass is 233 g/mol. The third-order valence-electron chi connectivity index (χ3n) is 2.50. The van der Waals surface area contributed by atoms with Gasteiger partial charge in [0, 0.05) is 13.0 Å². The van der Waals surface area contributed by atoms with Crippen LogP contribution >= 0.6 is 0 Å². The molecule has 0 amide bonds. The summed E-state index contributed by atoms with van der Waals surface area (Å²) in [7, 11) is 1.54. The molecule has 0 aliphatic rings. The minimum Gasteiger partial charge on any atom is -0.504 e. The molecule has 1 aromatic carbocycles. The molecule has 3 heteroatoms. The summed E-state index contributed by atoms with van der Waals surface area (Å²) in [6.45, 7) is 1.68. The Labute approximate surface area is 103 Å². The summed E-state index contributed by atoms with van der Waals surface area (Å²) < 4.78 is 4.98. The maximum atomic E-state index is 9.59. The van der Waals surface area contributed by atoms with Crippen molar-refractivity contribution in [2.45, 2.75) is 25.8 Å². The molecule has 0 heterocycles. The van der Waals surface area contributed by atoms with E-state index in [1.54, 1.807) is 19.2 Å². The molecule has 0 aliphatic heterocycles. The van der Waals surface area contributed by atoms with Gasteiger partial charge in [0.05, 0.1) is 7.11 Å². The molecule has 0 bridgehead atoms. The van der Waals surface area contributed by atoms with Crippen molar-refractivity contribution in [3.8, 4) is 23.8 Å². The van der Waals surface area contributed by atoms with E-state index in [1.807, 2.05) is 6.07 Å². The Balaban J connectivity index is 2.28. The van der Waals surface area contributed by atoms with Crippen LogP contribution in [0.2, 0.25) is 0 Å². The predicted octanol–water partition coefficient (Wildman–Crippen LogP) is 2.29. The van der Waals surface area contributed by atoms with Gasteiger partial charge in [-0.25, -0.2) is 0 Å². The van der Waals surface area contributed by atoms with Crippen LogP contribution in [0.15, 0.2) is 18.2 Å². The summed E-state index contributed by atoms with van der Waals surface area (Å²) >= 11 is 0. The fourth-order valence-electron chi connectivity index (χ4n) is 1.56. The fraction of sp³-hybridized carbons (Fsp3) is 0.429. The zero-order valence-electron chi connectivity index (χ0n) is 10.2. The van der Waals surface area contributed by atoms with Gasteiger partial charge < -0.3 is 15.2 Å². The standard InChI is InChI=1S/C14H19NO2/c1-3-4-5-6-9-15-11-12-7-8-14(17-2)13(16)10-12/h1,7-8,10,15-16H,4-6,9,11H2,2H3. The number of aromatic hydroxyl groups is 1. The Morgan fingerprint density at radius 1 is 1.41 bits per heavy atom. The molecule has 0 aliphatic carbocycles. The molecule has 0 saturated heterocycles. The molecule has 1 rings (SSSR count). The van der Waals surface area contributed by atoms with E-state index in [4.69, 9.17) is 11.2 Å². The highest BCUT2D eigenvalue weighted by molar-refractivity contribution is 5.41. The minimum absolute atomic E-state index is 0.180. The van der Waals surface area contributed by atoms with Gasteiger partial charge in [-0.05, 0) is 37.1 Å². The van der Waals surface area contributed by atoms with Crippen molar-refractivity contribution in [2.75, 3.05) is 13.7 Å². The van der Waals surface area contributed by atoms with Crippen LogP contribution in [0.25, 0.3) is 0 Å². The smallest absolute Gasteiger partial charge is 0.160 e. The Morgan fingerprint density at radius 3 is 2.88 bits per heavy atom. The van der Waals surface area contributed by atoms with Crippen molar-refractivity contribution >= 4 is 0 Å². The largest absolute Gasteiger partial charge is 0.504 e. The molecular formula is C14H19NO2. The lowest BCUT2D eigenvalue weighted by molar-refractivity contribution is 0.373. The maximum Gasteiger partial charge on any atom is 0.160 e. The molecule has 0 unspecified atom stereocenters. The first-order valence-corrected chi connectivity index (χ1v) is 5.78. The topological polar surface area (TPSA) is 41.5 Å². The van der Waals surface area contributed by atoms with Gasteiger partial charge in [0.15, 0.2) is 11.5 Å². The number of phenolic OH excluding ortho intramolecular Hbond substituents is 1. The summed E-state index contributed by atoms with van der Waals surface area (Å²) in [5.41, 5.74) is 1.04. The van der Waals surface area contributed by atoms with Crippen molar-refractivity contribution in [1.29, 1.82) is 0 Å². The second-order valence-electron chi connectivity index (χ2n) is 3.84. The predicted molar refractivity (Wildman–Crippen MR) is 69.0 cm³/mol. The number of nitrogens with one attached hydrogen (secondary N) is 1. The summed E-state index contributed by atoms with van der Waals surface area (Å²) in [5.74, 6) is 3.30. The highest BCUT2D eigenvalue weighted by atomic mass is 16.5. The molecule has 0 atom stereocenters. The van der Waals surface area contributed by atoms with Crippen LogP contribution in [-0.4, -0.2) is 18.8 Å². The molecule has 17 heavy (non-hydrogen) atoms. The SMILES string of the molecule is C#CCCCCNCc1ccc(OC)c(O)c1. The first kappa shape index (κ1) is 13.4. The number of methoxy groups -OCH3 is 1. The van der Waals surface area contributed by atoms with E-state index in [1.165, 1.54) is 0 Å².